The largest absolute Gasteiger partial charge is 0.507 e. The van der Waals surface area contributed by atoms with E-state index in [0.29, 0.717) is 0 Å². The van der Waals surface area contributed by atoms with Gasteiger partial charge in [0.05, 0.1) is 10.2 Å². The zero-order chi connectivity index (χ0) is 13.8. The molecule has 0 aliphatic carbocycles. The number of phenolic OH excluding ortho intramolecular Hbond substituents is 1. The molecule has 3 N–H and O–H groups in total. The van der Waals surface area contributed by atoms with Crippen molar-refractivity contribution in [2.24, 2.45) is 0 Å². The lowest BCUT2D eigenvalue weighted by molar-refractivity contribution is 0.470. The number of nitrogens with zero attached hydrogens (tertiary/aromatic N) is 4. The van der Waals surface area contributed by atoms with Gasteiger partial charge in [0.25, 0.3) is 0 Å². The highest BCUT2D eigenvalue weighted by atomic mass is 79.9. The van der Waals surface area contributed by atoms with E-state index in [9.17, 15) is 9.50 Å². The van der Waals surface area contributed by atoms with Gasteiger partial charge >= 0.3 is 0 Å². The van der Waals surface area contributed by atoms with E-state index in [-0.39, 0.29) is 27.3 Å². The molecule has 0 saturated carbocycles. The standard InChI is InChI=1S/C10H6BrFN6O/c11-6-1-7(12)8(2-9(6)19)14-4-5(3-13)10-15-17-18-16-10/h1-2,4,14,19H,(H,15,16,17,18). The topological polar surface area (TPSA) is 111 Å². The van der Waals surface area contributed by atoms with Gasteiger partial charge in [-0.3, -0.25) is 0 Å². The smallest absolute Gasteiger partial charge is 0.216 e. The Balaban J connectivity index is 2.27. The fourth-order valence-electron chi connectivity index (χ4n) is 1.22. The van der Waals surface area contributed by atoms with Crippen LogP contribution >= 0.6 is 15.9 Å². The molecular weight excluding hydrogens is 319 g/mol. The molecule has 0 bridgehead atoms. The monoisotopic (exact) mass is 324 g/mol. The minimum absolute atomic E-state index is 0.0111. The van der Waals surface area contributed by atoms with Crippen molar-refractivity contribution in [3.8, 4) is 11.8 Å². The van der Waals surface area contributed by atoms with Crippen LogP contribution in [-0.2, 0) is 0 Å². The van der Waals surface area contributed by atoms with E-state index in [4.69, 9.17) is 5.26 Å². The van der Waals surface area contributed by atoms with Crippen molar-refractivity contribution < 1.29 is 9.50 Å². The van der Waals surface area contributed by atoms with Gasteiger partial charge in [0.2, 0.25) is 5.82 Å². The minimum Gasteiger partial charge on any atom is -0.507 e. The molecule has 9 heteroatoms. The zero-order valence-electron chi connectivity index (χ0n) is 9.22. The number of halogens is 2. The molecule has 19 heavy (non-hydrogen) atoms. The number of rotatable bonds is 3. The van der Waals surface area contributed by atoms with Crippen LogP contribution in [0.15, 0.2) is 22.8 Å². The molecule has 0 saturated heterocycles. The fourth-order valence-corrected chi connectivity index (χ4v) is 1.54. The average molecular weight is 325 g/mol. The molecule has 0 aliphatic heterocycles. The Morgan fingerprint density at radius 3 is 3.00 bits per heavy atom. The van der Waals surface area contributed by atoms with E-state index in [1.165, 1.54) is 12.3 Å². The van der Waals surface area contributed by atoms with E-state index in [1.807, 2.05) is 6.07 Å². The van der Waals surface area contributed by atoms with Gasteiger partial charge in [-0.25, -0.2) is 4.39 Å². The Bertz CT molecular complexity index is 663. The van der Waals surface area contributed by atoms with Gasteiger partial charge in [-0.15, -0.1) is 10.2 Å². The summed E-state index contributed by atoms with van der Waals surface area (Å²) in [5, 5.41) is 33.7. The number of phenols is 1. The maximum atomic E-state index is 13.6. The van der Waals surface area contributed by atoms with Crippen molar-refractivity contribution in [1.82, 2.24) is 20.6 Å². The van der Waals surface area contributed by atoms with Crippen LogP contribution in [0.1, 0.15) is 5.82 Å². The lowest BCUT2D eigenvalue weighted by Crippen LogP contribution is -1.95. The molecule has 1 heterocycles. The van der Waals surface area contributed by atoms with Gasteiger partial charge in [-0.2, -0.15) is 10.5 Å². The van der Waals surface area contributed by atoms with Gasteiger partial charge in [0.15, 0.2) is 0 Å². The Hall–Kier alpha value is -2.47. The number of allylic oxidation sites excluding steroid dienone is 1. The van der Waals surface area contributed by atoms with Crippen molar-refractivity contribution in [3.63, 3.8) is 0 Å². The van der Waals surface area contributed by atoms with Crippen molar-refractivity contribution >= 4 is 27.2 Å². The number of aromatic hydroxyl groups is 1. The molecule has 0 amide bonds. The summed E-state index contributed by atoms with van der Waals surface area (Å²) in [5.74, 6) is -0.640. The van der Waals surface area contributed by atoms with E-state index < -0.39 is 5.82 Å². The number of tetrazole rings is 1. The minimum atomic E-state index is -0.591. The van der Waals surface area contributed by atoms with E-state index >= 15 is 0 Å². The van der Waals surface area contributed by atoms with Crippen LogP contribution in [0.2, 0.25) is 0 Å². The molecule has 7 nitrogen and oxygen atoms in total. The first-order valence-electron chi connectivity index (χ1n) is 4.90. The third-order valence-corrected chi connectivity index (χ3v) is 2.75. The number of H-pyrrole nitrogens is 1. The van der Waals surface area contributed by atoms with Gasteiger partial charge in [0.1, 0.15) is 23.2 Å². The molecule has 1 aromatic carbocycles. The second-order valence-corrected chi connectivity index (χ2v) is 4.19. The molecule has 2 aromatic rings. The number of benzene rings is 1. The summed E-state index contributed by atoms with van der Waals surface area (Å²) in [5.41, 5.74) is 0.0764. The average Bonchev–Trinajstić information content (AvgIpc) is 2.90. The number of aromatic amines is 1. The first-order chi connectivity index (χ1) is 9.11. The molecule has 0 spiro atoms. The quantitative estimate of drug-likeness (QED) is 0.742. The molecular formula is C10H6BrFN6O. The van der Waals surface area contributed by atoms with Crippen LogP contribution in [0.25, 0.3) is 5.57 Å². The van der Waals surface area contributed by atoms with Crippen molar-refractivity contribution in [2.75, 3.05) is 5.32 Å². The van der Waals surface area contributed by atoms with Crippen LogP contribution < -0.4 is 5.32 Å². The SMILES string of the molecule is N#CC(=CNc1cc(O)c(Br)cc1F)c1nn[nH]n1. The predicted molar refractivity (Wildman–Crippen MR) is 67.2 cm³/mol. The van der Waals surface area contributed by atoms with Gasteiger partial charge in [-0.1, -0.05) is 0 Å². The summed E-state index contributed by atoms with van der Waals surface area (Å²) in [7, 11) is 0. The first kappa shape index (κ1) is 13.0. The van der Waals surface area contributed by atoms with E-state index in [0.717, 1.165) is 6.07 Å². The number of hydrogen-bond donors (Lipinski definition) is 3. The fraction of sp³-hybridized carbons (Fsp3) is 0. The molecule has 0 atom stereocenters. The summed E-state index contributed by atoms with van der Waals surface area (Å²) < 4.78 is 13.8. The van der Waals surface area contributed by atoms with Crippen molar-refractivity contribution in [2.45, 2.75) is 0 Å². The van der Waals surface area contributed by atoms with Crippen LogP contribution in [0.3, 0.4) is 0 Å². The Kier molecular flexibility index (Phi) is 3.72. The van der Waals surface area contributed by atoms with Gasteiger partial charge < -0.3 is 10.4 Å². The summed E-state index contributed by atoms with van der Waals surface area (Å²) in [6.45, 7) is 0. The van der Waals surface area contributed by atoms with Crippen LogP contribution in [0, 0.1) is 17.1 Å². The summed E-state index contributed by atoms with van der Waals surface area (Å²) in [6, 6.07) is 4.12. The summed E-state index contributed by atoms with van der Waals surface area (Å²) in [6.07, 6.45) is 1.22. The van der Waals surface area contributed by atoms with Crippen LogP contribution in [0.5, 0.6) is 5.75 Å². The van der Waals surface area contributed by atoms with Crippen LogP contribution in [-0.4, -0.2) is 25.7 Å². The van der Waals surface area contributed by atoms with Crippen molar-refractivity contribution in [1.29, 1.82) is 5.26 Å². The highest BCUT2D eigenvalue weighted by Gasteiger charge is 2.09. The molecule has 0 radical (unpaired) electrons. The van der Waals surface area contributed by atoms with Crippen molar-refractivity contribution in [3.05, 3.63) is 34.4 Å². The summed E-state index contributed by atoms with van der Waals surface area (Å²) >= 11 is 2.99. The lowest BCUT2D eigenvalue weighted by atomic mass is 10.2. The van der Waals surface area contributed by atoms with Gasteiger partial charge in [0, 0.05) is 12.3 Å². The summed E-state index contributed by atoms with van der Waals surface area (Å²) in [4.78, 5) is 0. The van der Waals surface area contributed by atoms with Crippen LogP contribution in [0.4, 0.5) is 10.1 Å². The highest BCUT2D eigenvalue weighted by molar-refractivity contribution is 9.10. The number of hydrogen-bond acceptors (Lipinski definition) is 6. The van der Waals surface area contributed by atoms with E-state index in [1.54, 1.807) is 0 Å². The highest BCUT2D eigenvalue weighted by Crippen LogP contribution is 2.29. The zero-order valence-corrected chi connectivity index (χ0v) is 10.8. The second kappa shape index (κ2) is 5.45. The Morgan fingerprint density at radius 1 is 1.58 bits per heavy atom. The molecule has 0 aliphatic rings. The molecule has 1 aromatic heterocycles. The lowest BCUT2D eigenvalue weighted by Gasteiger charge is -2.05. The third kappa shape index (κ3) is 2.86. The Morgan fingerprint density at radius 2 is 2.37 bits per heavy atom. The second-order valence-electron chi connectivity index (χ2n) is 3.33. The number of aromatic nitrogens is 4. The molecule has 2 rings (SSSR count). The normalized spacial score (nSPS) is 11.1. The number of nitriles is 1. The maximum absolute atomic E-state index is 13.6. The third-order valence-electron chi connectivity index (χ3n) is 2.12. The maximum Gasteiger partial charge on any atom is 0.216 e. The predicted octanol–water partition coefficient (Wildman–Crippen LogP) is 1.78. The molecule has 0 unspecified atom stereocenters. The molecule has 96 valence electrons. The Labute approximate surface area is 114 Å². The number of nitrogens with one attached hydrogen (secondary N) is 2. The van der Waals surface area contributed by atoms with Gasteiger partial charge in [-0.05, 0) is 27.2 Å². The molecule has 0 fully saturated rings. The number of anilines is 1. The van der Waals surface area contributed by atoms with E-state index in [2.05, 4.69) is 41.9 Å². The first-order valence-corrected chi connectivity index (χ1v) is 5.69.